The number of carbonyl (C=O) groups excluding carboxylic acids is 1. The van der Waals surface area contributed by atoms with Crippen molar-refractivity contribution in [3.63, 3.8) is 0 Å². The molecule has 2 fully saturated rings. The first-order valence-electron chi connectivity index (χ1n) is 9.05. The summed E-state index contributed by atoms with van der Waals surface area (Å²) in [7, 11) is 0. The maximum Gasteiger partial charge on any atom is 0.337 e. The van der Waals surface area contributed by atoms with Crippen LogP contribution in [0.15, 0.2) is 12.2 Å². The average Bonchev–Trinajstić information content (AvgIpc) is 2.57. The van der Waals surface area contributed by atoms with Gasteiger partial charge in [0, 0.05) is 6.08 Å². The van der Waals surface area contributed by atoms with Gasteiger partial charge in [0.15, 0.2) is 0 Å². The van der Waals surface area contributed by atoms with Crippen LogP contribution in [-0.4, -0.2) is 22.4 Å². The number of carbonyl (C=O) groups is 1. The summed E-state index contributed by atoms with van der Waals surface area (Å²) < 4.78 is 9.47. The van der Waals surface area contributed by atoms with Crippen molar-refractivity contribution in [2.75, 3.05) is 0 Å². The molecule has 2 aliphatic rings. The maximum absolute atomic E-state index is 10.4. The van der Waals surface area contributed by atoms with Crippen LogP contribution in [0.4, 0.5) is 0 Å². The zero-order valence-corrected chi connectivity index (χ0v) is 16.8. The van der Waals surface area contributed by atoms with E-state index in [-0.39, 0.29) is 10.3 Å². The summed E-state index contributed by atoms with van der Waals surface area (Å²) in [5, 5.41) is -0.0509. The van der Waals surface area contributed by atoms with Crippen LogP contribution in [0.25, 0.3) is 0 Å². The van der Waals surface area contributed by atoms with E-state index in [1.54, 1.807) is 13.0 Å². The fourth-order valence-corrected chi connectivity index (χ4v) is 2.90. The molecule has 2 rings (SSSR count). The second-order valence-corrected chi connectivity index (χ2v) is 6.86. The number of esters is 1. The molecule has 0 unspecified atom stereocenters. The average molecular weight is 389 g/mol. The van der Waals surface area contributed by atoms with Crippen molar-refractivity contribution >= 4 is 40.8 Å². The Morgan fingerprint density at radius 3 is 1.68 bits per heavy atom. The predicted octanol–water partition coefficient (Wildman–Crippen LogP) is 4.27. The monoisotopic (exact) mass is 388 g/mol. The third-order valence-corrected chi connectivity index (χ3v) is 4.02. The first-order chi connectivity index (χ1) is 12.0. The minimum absolute atomic E-state index is 0.201. The van der Waals surface area contributed by atoms with E-state index in [1.807, 2.05) is 0 Å². The van der Waals surface area contributed by atoms with E-state index in [2.05, 4.69) is 29.2 Å². The Labute approximate surface area is 162 Å². The Hall–Kier alpha value is -1.21. The smallest absolute Gasteiger partial charge is 0.337 e. The molecule has 0 spiro atoms. The number of thiocarbonyl (C=S) groups is 2. The fraction of sp³-hybridized carbons (Fsp3) is 0.722. The van der Waals surface area contributed by atoms with Gasteiger partial charge in [0.2, 0.25) is 0 Å². The summed E-state index contributed by atoms with van der Waals surface area (Å²) in [6.45, 7) is 1.70. The third-order valence-electron chi connectivity index (χ3n) is 3.84. The molecule has 2 aliphatic carbocycles. The topological polar surface area (TPSA) is 87.6 Å². The van der Waals surface area contributed by atoms with Crippen LogP contribution in [-0.2, 0) is 14.3 Å². The SMILES string of the molecule is C1CCCCC1.CC=CC(=O)OC(N)=S.NC(=S)OC1CCCCC1. The molecule has 25 heavy (non-hydrogen) atoms. The van der Waals surface area contributed by atoms with Crippen LogP contribution in [0.1, 0.15) is 77.6 Å². The van der Waals surface area contributed by atoms with E-state index >= 15 is 0 Å². The van der Waals surface area contributed by atoms with Crippen molar-refractivity contribution in [3.05, 3.63) is 12.2 Å². The summed E-state index contributed by atoms with van der Waals surface area (Å²) in [6.07, 6.45) is 18.2. The first kappa shape index (κ1) is 23.8. The van der Waals surface area contributed by atoms with Gasteiger partial charge in [0.05, 0.1) is 0 Å². The number of hydrogen-bond donors (Lipinski definition) is 2. The van der Waals surface area contributed by atoms with E-state index in [0.717, 1.165) is 12.8 Å². The highest BCUT2D eigenvalue weighted by Gasteiger charge is 2.14. The number of hydrogen-bond acceptors (Lipinski definition) is 5. The van der Waals surface area contributed by atoms with Crippen molar-refractivity contribution in [3.8, 4) is 0 Å². The van der Waals surface area contributed by atoms with Crippen molar-refractivity contribution in [1.82, 2.24) is 0 Å². The highest BCUT2D eigenvalue weighted by Crippen LogP contribution is 2.19. The molecule has 0 radical (unpaired) electrons. The number of rotatable bonds is 2. The van der Waals surface area contributed by atoms with Crippen molar-refractivity contribution in [2.45, 2.75) is 83.7 Å². The molecule has 0 aromatic carbocycles. The van der Waals surface area contributed by atoms with Gasteiger partial charge in [-0.3, -0.25) is 0 Å². The summed E-state index contributed by atoms with van der Waals surface area (Å²) >= 11 is 8.92. The minimum atomic E-state index is -0.537. The van der Waals surface area contributed by atoms with Crippen LogP contribution < -0.4 is 11.5 Å². The van der Waals surface area contributed by atoms with Gasteiger partial charge in [0.1, 0.15) is 6.10 Å². The molecule has 4 N–H and O–H groups in total. The Balaban J connectivity index is 0.000000356. The van der Waals surface area contributed by atoms with E-state index < -0.39 is 5.97 Å². The highest BCUT2D eigenvalue weighted by atomic mass is 32.1. The lowest BCUT2D eigenvalue weighted by Gasteiger charge is -2.21. The van der Waals surface area contributed by atoms with E-state index in [1.165, 1.54) is 63.9 Å². The molecule has 2 saturated carbocycles. The number of nitrogens with two attached hydrogens (primary N) is 2. The summed E-state index contributed by atoms with van der Waals surface area (Å²) in [5.74, 6) is -0.537. The Morgan fingerprint density at radius 2 is 1.32 bits per heavy atom. The molecule has 144 valence electrons. The van der Waals surface area contributed by atoms with Crippen LogP contribution in [0.5, 0.6) is 0 Å². The Bertz CT molecular complexity index is 407. The van der Waals surface area contributed by atoms with Gasteiger partial charge < -0.3 is 20.9 Å². The van der Waals surface area contributed by atoms with Gasteiger partial charge in [0.25, 0.3) is 10.3 Å². The van der Waals surface area contributed by atoms with E-state index in [4.69, 9.17) is 16.2 Å². The molecule has 0 aromatic heterocycles. The molecule has 0 saturated heterocycles. The molecule has 7 heteroatoms. The minimum Gasteiger partial charge on any atom is -0.468 e. The molecule has 0 aliphatic heterocycles. The third kappa shape index (κ3) is 17.4. The maximum atomic E-state index is 10.4. The Kier molecular flexibility index (Phi) is 15.5. The molecule has 0 atom stereocenters. The zero-order chi connectivity index (χ0) is 18.9. The van der Waals surface area contributed by atoms with Gasteiger partial charge >= 0.3 is 5.97 Å². The van der Waals surface area contributed by atoms with Crippen molar-refractivity contribution < 1.29 is 14.3 Å². The second-order valence-electron chi connectivity index (χ2n) is 6.06. The summed E-state index contributed by atoms with van der Waals surface area (Å²) in [6, 6.07) is 0. The molecular weight excluding hydrogens is 356 g/mol. The number of allylic oxidation sites excluding steroid dienone is 1. The lowest BCUT2D eigenvalue weighted by molar-refractivity contribution is -0.129. The first-order valence-corrected chi connectivity index (χ1v) is 9.87. The van der Waals surface area contributed by atoms with Crippen LogP contribution in [0.3, 0.4) is 0 Å². The van der Waals surface area contributed by atoms with E-state index in [0.29, 0.717) is 6.10 Å². The molecule has 0 aromatic rings. The predicted molar refractivity (Wildman–Crippen MR) is 110 cm³/mol. The molecular formula is C18H32N2O3S2. The van der Waals surface area contributed by atoms with Gasteiger partial charge in [-0.2, -0.15) is 0 Å². The number of ether oxygens (including phenoxy) is 2. The molecule has 0 bridgehead atoms. The lowest BCUT2D eigenvalue weighted by atomic mass is 9.98. The van der Waals surface area contributed by atoms with E-state index in [9.17, 15) is 4.79 Å². The lowest BCUT2D eigenvalue weighted by Crippen LogP contribution is -2.24. The summed E-state index contributed by atoms with van der Waals surface area (Å²) in [5.41, 5.74) is 10.1. The van der Waals surface area contributed by atoms with Gasteiger partial charge in [-0.05, 0) is 57.0 Å². The van der Waals surface area contributed by atoms with Gasteiger partial charge in [-0.15, -0.1) is 0 Å². The standard InChI is InChI=1S/C7H13NOS.C6H12.C5H7NO2S/c8-7(10)9-6-4-2-1-3-5-6;1-2-4-6-5-3-1;1-2-3-4(7)8-5(6)9/h6H,1-5H2,(H2,8,10);1-6H2;2-3H,1H3,(H2,6,9). The van der Waals surface area contributed by atoms with Crippen LogP contribution >= 0.6 is 24.4 Å². The second kappa shape index (κ2) is 16.3. The largest absolute Gasteiger partial charge is 0.468 e. The molecule has 0 heterocycles. The quantitative estimate of drug-likeness (QED) is 0.415. The highest BCUT2D eigenvalue weighted by molar-refractivity contribution is 7.80. The van der Waals surface area contributed by atoms with Crippen molar-refractivity contribution in [2.24, 2.45) is 11.5 Å². The molecule has 5 nitrogen and oxygen atoms in total. The van der Waals surface area contributed by atoms with Crippen molar-refractivity contribution in [1.29, 1.82) is 0 Å². The Morgan fingerprint density at radius 1 is 0.880 bits per heavy atom. The summed E-state index contributed by atoms with van der Waals surface area (Å²) in [4.78, 5) is 10.4. The molecule has 0 amide bonds. The normalized spacial score (nSPS) is 17.3. The van der Waals surface area contributed by atoms with Crippen LogP contribution in [0.2, 0.25) is 0 Å². The fourth-order valence-electron chi connectivity index (χ4n) is 2.68. The van der Waals surface area contributed by atoms with Gasteiger partial charge in [-0.25, -0.2) is 4.79 Å². The van der Waals surface area contributed by atoms with Crippen LogP contribution in [0, 0.1) is 0 Å². The van der Waals surface area contributed by atoms with Gasteiger partial charge in [-0.1, -0.05) is 51.0 Å². The zero-order valence-electron chi connectivity index (χ0n) is 15.2.